The Kier molecular flexibility index (Phi) is 3.86. The van der Waals surface area contributed by atoms with Gasteiger partial charge >= 0.3 is 5.97 Å². The largest absolute Gasteiger partial charge is 0.497 e. The van der Waals surface area contributed by atoms with Crippen molar-refractivity contribution in [3.63, 3.8) is 0 Å². The number of carbonyl (C=O) groups excluding carboxylic acids is 1. The van der Waals surface area contributed by atoms with E-state index in [0.29, 0.717) is 6.61 Å². The lowest BCUT2D eigenvalue weighted by Gasteiger charge is -2.47. The number of hydrogen-bond donors (Lipinski definition) is 0. The molecule has 2 atom stereocenters. The van der Waals surface area contributed by atoms with Crippen molar-refractivity contribution in [1.29, 1.82) is 0 Å². The third kappa shape index (κ3) is 2.55. The first kappa shape index (κ1) is 16.2. The molecule has 4 nitrogen and oxygen atoms in total. The van der Waals surface area contributed by atoms with E-state index in [2.05, 4.69) is 19.1 Å². The van der Waals surface area contributed by atoms with Crippen LogP contribution >= 0.6 is 0 Å². The molecule has 0 spiro atoms. The second-order valence-corrected chi connectivity index (χ2v) is 7.32. The molecule has 1 aromatic carbocycles. The van der Waals surface area contributed by atoms with Crippen LogP contribution in [-0.4, -0.2) is 25.8 Å². The maximum atomic E-state index is 11.5. The molecule has 132 valence electrons. The van der Waals surface area contributed by atoms with Crippen molar-refractivity contribution in [2.75, 3.05) is 13.7 Å². The van der Waals surface area contributed by atoms with Gasteiger partial charge in [-0.05, 0) is 54.5 Å². The molecule has 4 rings (SSSR count). The summed E-state index contributed by atoms with van der Waals surface area (Å²) in [4.78, 5) is 11.5. The fourth-order valence-electron chi connectivity index (χ4n) is 4.57. The second-order valence-electron chi connectivity index (χ2n) is 7.32. The van der Waals surface area contributed by atoms with Crippen LogP contribution < -0.4 is 9.47 Å². The minimum absolute atomic E-state index is 0.0451. The SMILES string of the molecule is COc1ccc2c(c1)OCC1=C2CCC2(C)C1=CCCC2OC(C)=O. The third-order valence-corrected chi connectivity index (χ3v) is 5.88. The number of rotatable bonds is 2. The van der Waals surface area contributed by atoms with Crippen LogP contribution in [0.1, 0.15) is 45.1 Å². The highest BCUT2D eigenvalue weighted by atomic mass is 16.5. The zero-order chi connectivity index (χ0) is 17.6. The molecule has 4 heteroatoms. The predicted octanol–water partition coefficient (Wildman–Crippen LogP) is 4.29. The molecule has 0 N–H and O–H groups in total. The summed E-state index contributed by atoms with van der Waals surface area (Å²) in [5, 5.41) is 0. The third-order valence-electron chi connectivity index (χ3n) is 5.88. The number of allylic oxidation sites excluding steroid dienone is 2. The molecule has 2 aliphatic carbocycles. The van der Waals surface area contributed by atoms with Crippen LogP contribution in [0.5, 0.6) is 11.5 Å². The van der Waals surface area contributed by atoms with E-state index in [9.17, 15) is 4.79 Å². The van der Waals surface area contributed by atoms with Crippen molar-refractivity contribution in [1.82, 2.24) is 0 Å². The van der Waals surface area contributed by atoms with Crippen LogP contribution in [0.4, 0.5) is 0 Å². The Morgan fingerprint density at radius 1 is 1.32 bits per heavy atom. The molecule has 0 fully saturated rings. The smallest absolute Gasteiger partial charge is 0.302 e. The Balaban J connectivity index is 1.76. The maximum Gasteiger partial charge on any atom is 0.302 e. The molecule has 2 unspecified atom stereocenters. The highest BCUT2D eigenvalue weighted by Crippen LogP contribution is 2.54. The van der Waals surface area contributed by atoms with Gasteiger partial charge in [-0.15, -0.1) is 0 Å². The summed E-state index contributed by atoms with van der Waals surface area (Å²) in [7, 11) is 1.67. The molecule has 25 heavy (non-hydrogen) atoms. The maximum absolute atomic E-state index is 11.5. The first-order valence-electron chi connectivity index (χ1n) is 8.94. The van der Waals surface area contributed by atoms with Gasteiger partial charge in [0.25, 0.3) is 0 Å². The molecular weight excluding hydrogens is 316 g/mol. The molecule has 0 saturated heterocycles. The van der Waals surface area contributed by atoms with E-state index in [1.54, 1.807) is 7.11 Å². The van der Waals surface area contributed by atoms with E-state index in [0.717, 1.165) is 37.2 Å². The van der Waals surface area contributed by atoms with E-state index >= 15 is 0 Å². The summed E-state index contributed by atoms with van der Waals surface area (Å²) in [5.41, 5.74) is 5.02. The fourth-order valence-corrected chi connectivity index (χ4v) is 4.57. The molecule has 0 saturated carbocycles. The van der Waals surface area contributed by atoms with Crippen molar-refractivity contribution in [2.24, 2.45) is 5.41 Å². The molecule has 0 bridgehead atoms. The quantitative estimate of drug-likeness (QED) is 0.753. The van der Waals surface area contributed by atoms with Crippen LogP contribution in [0, 0.1) is 5.41 Å². The van der Waals surface area contributed by atoms with E-state index in [1.165, 1.54) is 29.2 Å². The van der Waals surface area contributed by atoms with Gasteiger partial charge in [0.15, 0.2) is 0 Å². The molecular formula is C21H24O4. The Labute approximate surface area is 148 Å². The van der Waals surface area contributed by atoms with Gasteiger partial charge in [-0.1, -0.05) is 13.0 Å². The summed E-state index contributed by atoms with van der Waals surface area (Å²) >= 11 is 0. The predicted molar refractivity (Wildman–Crippen MR) is 95.6 cm³/mol. The van der Waals surface area contributed by atoms with E-state index in [-0.39, 0.29) is 17.5 Å². The van der Waals surface area contributed by atoms with Crippen molar-refractivity contribution >= 4 is 11.5 Å². The van der Waals surface area contributed by atoms with Gasteiger partial charge in [-0.25, -0.2) is 0 Å². The normalized spacial score (nSPS) is 27.3. The number of carbonyl (C=O) groups is 1. The number of fused-ring (bicyclic) bond motifs is 4. The Morgan fingerprint density at radius 3 is 2.92 bits per heavy atom. The van der Waals surface area contributed by atoms with Crippen LogP contribution in [-0.2, 0) is 9.53 Å². The Bertz CT molecular complexity index is 789. The van der Waals surface area contributed by atoms with Gasteiger partial charge in [-0.3, -0.25) is 4.79 Å². The van der Waals surface area contributed by atoms with Crippen molar-refractivity contribution in [2.45, 2.75) is 45.6 Å². The summed E-state index contributed by atoms with van der Waals surface area (Å²) in [5.74, 6) is 1.52. The zero-order valence-corrected chi connectivity index (χ0v) is 15.1. The topological polar surface area (TPSA) is 44.8 Å². The number of benzene rings is 1. The van der Waals surface area contributed by atoms with Crippen LogP contribution in [0.15, 0.2) is 35.4 Å². The van der Waals surface area contributed by atoms with Gasteiger partial charge in [0.05, 0.1) is 7.11 Å². The molecule has 1 heterocycles. The van der Waals surface area contributed by atoms with E-state index in [1.807, 2.05) is 12.1 Å². The average molecular weight is 340 g/mol. The van der Waals surface area contributed by atoms with E-state index in [4.69, 9.17) is 14.2 Å². The second kappa shape index (κ2) is 5.94. The number of methoxy groups -OCH3 is 1. The van der Waals surface area contributed by atoms with Gasteiger partial charge in [-0.2, -0.15) is 0 Å². The van der Waals surface area contributed by atoms with Gasteiger partial charge in [0, 0.05) is 24.0 Å². The average Bonchev–Trinajstić information content (AvgIpc) is 2.61. The van der Waals surface area contributed by atoms with Crippen LogP contribution in [0.25, 0.3) is 5.57 Å². The zero-order valence-electron chi connectivity index (χ0n) is 15.1. The highest BCUT2D eigenvalue weighted by Gasteiger charge is 2.46. The monoisotopic (exact) mass is 340 g/mol. The van der Waals surface area contributed by atoms with Gasteiger partial charge in [0.2, 0.25) is 0 Å². The Morgan fingerprint density at radius 2 is 2.16 bits per heavy atom. The minimum Gasteiger partial charge on any atom is -0.497 e. The summed E-state index contributed by atoms with van der Waals surface area (Å²) < 4.78 is 17.1. The molecule has 0 amide bonds. The highest BCUT2D eigenvalue weighted by molar-refractivity contribution is 5.80. The molecule has 1 aromatic rings. The molecule has 1 aliphatic heterocycles. The van der Waals surface area contributed by atoms with Crippen molar-refractivity contribution in [3.8, 4) is 11.5 Å². The van der Waals surface area contributed by atoms with Crippen molar-refractivity contribution < 1.29 is 19.0 Å². The molecule has 3 aliphatic rings. The summed E-state index contributed by atoms with van der Waals surface area (Å²) in [6.07, 6.45) is 6.08. The fraction of sp³-hybridized carbons (Fsp3) is 0.476. The number of hydrogen-bond acceptors (Lipinski definition) is 4. The lowest BCUT2D eigenvalue weighted by atomic mass is 9.61. The lowest BCUT2D eigenvalue weighted by Crippen LogP contribution is -2.43. The summed E-state index contributed by atoms with van der Waals surface area (Å²) in [6, 6.07) is 6.05. The van der Waals surface area contributed by atoms with Crippen LogP contribution in [0.3, 0.4) is 0 Å². The first-order chi connectivity index (χ1) is 12.0. The number of esters is 1. The van der Waals surface area contributed by atoms with Gasteiger partial charge < -0.3 is 14.2 Å². The lowest BCUT2D eigenvalue weighted by molar-refractivity contribution is -0.152. The Hall–Kier alpha value is -2.23. The van der Waals surface area contributed by atoms with Gasteiger partial charge in [0.1, 0.15) is 24.2 Å². The molecule has 0 aromatic heterocycles. The first-order valence-corrected chi connectivity index (χ1v) is 8.94. The van der Waals surface area contributed by atoms with E-state index < -0.39 is 0 Å². The summed E-state index contributed by atoms with van der Waals surface area (Å²) in [6.45, 7) is 4.31. The minimum atomic E-state index is -0.190. The molecule has 0 radical (unpaired) electrons. The van der Waals surface area contributed by atoms with Crippen LogP contribution in [0.2, 0.25) is 0 Å². The standard InChI is InChI=1S/C21H24O4/c1-13(22)25-20-6-4-5-18-17-12-24-19-11-14(23-3)7-8-16(19)15(17)9-10-21(18,20)2/h5,7-8,11,20H,4,6,9-10,12H2,1-3H3. The number of ether oxygens (including phenoxy) is 3. The van der Waals surface area contributed by atoms with Crippen molar-refractivity contribution in [3.05, 3.63) is 41.0 Å².